The van der Waals surface area contributed by atoms with Crippen LogP contribution in [0.2, 0.25) is 0 Å². The van der Waals surface area contributed by atoms with Gasteiger partial charge in [0.25, 0.3) is 11.7 Å². The molecular formula is C26H30N2O6. The molecule has 0 spiro atoms. The van der Waals surface area contributed by atoms with E-state index in [0.29, 0.717) is 41.5 Å². The zero-order chi connectivity index (χ0) is 24.8. The van der Waals surface area contributed by atoms with Gasteiger partial charge in [-0.2, -0.15) is 0 Å². The SMILES string of the molecule is C=CCOc1ccc(/C(O)=C2\C(=O)C(=O)N(CCN(C)C)[C@H]2c2cccc(OC)c2OC)cc1. The van der Waals surface area contributed by atoms with Crippen molar-refractivity contribution in [2.75, 3.05) is 48.0 Å². The number of Topliss-reactive ketones (excluding diaryl/α,β-unsaturated/α-hetero) is 1. The highest BCUT2D eigenvalue weighted by atomic mass is 16.5. The van der Waals surface area contributed by atoms with Gasteiger partial charge in [-0.15, -0.1) is 0 Å². The number of likely N-dealkylation sites (tertiary alicyclic amines) is 1. The van der Waals surface area contributed by atoms with Crippen molar-refractivity contribution in [1.29, 1.82) is 0 Å². The smallest absolute Gasteiger partial charge is 0.295 e. The minimum Gasteiger partial charge on any atom is -0.507 e. The number of amides is 1. The Bertz CT molecular complexity index is 1090. The van der Waals surface area contributed by atoms with Crippen LogP contribution in [0.25, 0.3) is 5.76 Å². The van der Waals surface area contributed by atoms with Gasteiger partial charge in [-0.1, -0.05) is 24.8 Å². The topological polar surface area (TPSA) is 88.5 Å². The monoisotopic (exact) mass is 466 g/mol. The van der Waals surface area contributed by atoms with Crippen molar-refractivity contribution in [2.45, 2.75) is 6.04 Å². The van der Waals surface area contributed by atoms with Crippen LogP contribution in [-0.4, -0.2) is 74.6 Å². The molecule has 1 heterocycles. The van der Waals surface area contributed by atoms with E-state index in [4.69, 9.17) is 14.2 Å². The van der Waals surface area contributed by atoms with Crippen molar-refractivity contribution < 1.29 is 28.9 Å². The van der Waals surface area contributed by atoms with Gasteiger partial charge in [0.1, 0.15) is 18.1 Å². The lowest BCUT2D eigenvalue weighted by molar-refractivity contribution is -0.140. The minimum absolute atomic E-state index is 0.00457. The molecule has 3 rings (SSSR count). The normalized spacial score (nSPS) is 17.2. The highest BCUT2D eigenvalue weighted by Crippen LogP contribution is 2.45. The van der Waals surface area contributed by atoms with E-state index >= 15 is 0 Å². The molecule has 0 aromatic heterocycles. The molecule has 34 heavy (non-hydrogen) atoms. The standard InChI is InChI=1S/C26H30N2O6/c1-6-16-34-18-12-10-17(11-13-18)23(29)21-22(19-8-7-9-20(32-4)25(19)33-5)28(15-14-27(2)3)26(31)24(21)30/h6-13,22,29H,1,14-16H2,2-5H3/b23-21+/t22-/m0/s1. The van der Waals surface area contributed by atoms with Crippen molar-refractivity contribution >= 4 is 17.4 Å². The second-order valence-electron chi connectivity index (χ2n) is 8.00. The van der Waals surface area contributed by atoms with Gasteiger partial charge in [-0.3, -0.25) is 9.59 Å². The number of rotatable bonds is 10. The molecule has 1 aliphatic rings. The predicted octanol–water partition coefficient (Wildman–Crippen LogP) is 3.25. The van der Waals surface area contributed by atoms with Crippen LogP contribution in [0, 0.1) is 0 Å². The van der Waals surface area contributed by atoms with E-state index in [0.717, 1.165) is 0 Å². The Morgan fingerprint density at radius 2 is 1.82 bits per heavy atom. The molecule has 1 aliphatic heterocycles. The number of hydrogen-bond donors (Lipinski definition) is 1. The molecule has 1 atom stereocenters. The molecule has 0 unspecified atom stereocenters. The van der Waals surface area contributed by atoms with Crippen LogP contribution in [0.15, 0.2) is 60.7 Å². The third kappa shape index (κ3) is 4.92. The summed E-state index contributed by atoms with van der Waals surface area (Å²) >= 11 is 0. The predicted molar refractivity (Wildman–Crippen MR) is 129 cm³/mol. The van der Waals surface area contributed by atoms with Crippen LogP contribution in [0.3, 0.4) is 0 Å². The first-order valence-corrected chi connectivity index (χ1v) is 10.8. The van der Waals surface area contributed by atoms with E-state index < -0.39 is 17.7 Å². The highest BCUT2D eigenvalue weighted by molar-refractivity contribution is 6.46. The van der Waals surface area contributed by atoms with Gasteiger partial charge in [0.15, 0.2) is 11.5 Å². The van der Waals surface area contributed by atoms with Crippen LogP contribution in [-0.2, 0) is 9.59 Å². The van der Waals surface area contributed by atoms with Gasteiger partial charge in [-0.05, 0) is 44.4 Å². The number of likely N-dealkylation sites (N-methyl/N-ethyl adjacent to an activating group) is 1. The lowest BCUT2D eigenvalue weighted by atomic mass is 9.94. The van der Waals surface area contributed by atoms with Gasteiger partial charge in [-0.25, -0.2) is 0 Å². The lowest BCUT2D eigenvalue weighted by Gasteiger charge is -2.28. The molecule has 2 aromatic rings. The van der Waals surface area contributed by atoms with E-state index in [2.05, 4.69) is 6.58 Å². The highest BCUT2D eigenvalue weighted by Gasteiger charge is 2.47. The van der Waals surface area contributed by atoms with Crippen molar-refractivity contribution in [1.82, 2.24) is 9.80 Å². The van der Waals surface area contributed by atoms with Gasteiger partial charge in [0.2, 0.25) is 0 Å². The maximum atomic E-state index is 13.2. The Hall–Kier alpha value is -3.78. The third-order valence-corrected chi connectivity index (χ3v) is 5.55. The quantitative estimate of drug-likeness (QED) is 0.249. The summed E-state index contributed by atoms with van der Waals surface area (Å²) in [4.78, 5) is 29.7. The summed E-state index contributed by atoms with van der Waals surface area (Å²) in [6.45, 7) is 4.78. The van der Waals surface area contributed by atoms with Crippen molar-refractivity contribution in [2.24, 2.45) is 0 Å². The van der Waals surface area contributed by atoms with Crippen LogP contribution >= 0.6 is 0 Å². The first-order chi connectivity index (χ1) is 16.3. The van der Waals surface area contributed by atoms with Crippen LogP contribution in [0.1, 0.15) is 17.2 Å². The molecule has 1 amide bonds. The summed E-state index contributed by atoms with van der Waals surface area (Å²) in [7, 11) is 6.78. The Morgan fingerprint density at radius 1 is 1.12 bits per heavy atom. The molecule has 2 aromatic carbocycles. The summed E-state index contributed by atoms with van der Waals surface area (Å²) in [5, 5.41) is 11.2. The van der Waals surface area contributed by atoms with Gasteiger partial charge < -0.3 is 29.1 Å². The van der Waals surface area contributed by atoms with E-state index in [9.17, 15) is 14.7 Å². The number of carbonyl (C=O) groups excluding carboxylic acids is 2. The summed E-state index contributed by atoms with van der Waals surface area (Å²) in [6.07, 6.45) is 1.63. The van der Waals surface area contributed by atoms with Crippen molar-refractivity contribution in [3.8, 4) is 17.2 Å². The molecule has 1 saturated heterocycles. The van der Waals surface area contributed by atoms with E-state index in [1.54, 1.807) is 48.5 Å². The molecule has 1 N–H and O–H groups in total. The third-order valence-electron chi connectivity index (χ3n) is 5.55. The maximum absolute atomic E-state index is 13.2. The van der Waals surface area contributed by atoms with Crippen LogP contribution in [0.4, 0.5) is 0 Å². The van der Waals surface area contributed by atoms with Crippen LogP contribution in [0.5, 0.6) is 17.2 Å². The largest absolute Gasteiger partial charge is 0.507 e. The van der Waals surface area contributed by atoms with Gasteiger partial charge >= 0.3 is 0 Å². The zero-order valence-electron chi connectivity index (χ0n) is 19.9. The first-order valence-electron chi connectivity index (χ1n) is 10.8. The number of nitrogens with zero attached hydrogens (tertiary/aromatic N) is 2. The Kier molecular flexibility index (Phi) is 7.96. The lowest BCUT2D eigenvalue weighted by Crippen LogP contribution is -2.35. The molecule has 180 valence electrons. The summed E-state index contributed by atoms with van der Waals surface area (Å²) in [5.41, 5.74) is 0.936. The Balaban J connectivity index is 2.16. The molecule has 0 saturated carbocycles. The molecule has 0 aliphatic carbocycles. The summed E-state index contributed by atoms with van der Waals surface area (Å²) < 4.78 is 16.5. The molecule has 0 bridgehead atoms. The Morgan fingerprint density at radius 3 is 2.41 bits per heavy atom. The first kappa shape index (κ1) is 24.9. The number of ether oxygens (including phenoxy) is 3. The van der Waals surface area contributed by atoms with Crippen LogP contribution < -0.4 is 14.2 Å². The molecular weight excluding hydrogens is 436 g/mol. The average molecular weight is 467 g/mol. The van der Waals surface area contributed by atoms with E-state index in [1.165, 1.54) is 19.1 Å². The second kappa shape index (κ2) is 10.9. The fraction of sp³-hybridized carbons (Fsp3) is 0.308. The molecule has 8 heteroatoms. The maximum Gasteiger partial charge on any atom is 0.295 e. The fourth-order valence-corrected chi connectivity index (χ4v) is 3.89. The average Bonchev–Trinajstić information content (AvgIpc) is 3.10. The van der Waals surface area contributed by atoms with Crippen molar-refractivity contribution in [3.05, 3.63) is 71.8 Å². The van der Waals surface area contributed by atoms with Crippen molar-refractivity contribution in [3.63, 3.8) is 0 Å². The second-order valence-corrected chi connectivity index (χ2v) is 8.00. The van der Waals surface area contributed by atoms with Gasteiger partial charge in [0.05, 0.1) is 25.8 Å². The molecule has 8 nitrogen and oxygen atoms in total. The number of ketones is 1. The number of aliphatic hydroxyl groups is 1. The number of aliphatic hydroxyl groups excluding tert-OH is 1. The molecule has 1 fully saturated rings. The fourth-order valence-electron chi connectivity index (χ4n) is 3.89. The number of methoxy groups -OCH3 is 2. The number of para-hydroxylation sites is 1. The number of benzene rings is 2. The number of hydrogen-bond acceptors (Lipinski definition) is 7. The summed E-state index contributed by atoms with van der Waals surface area (Å²) in [6, 6.07) is 11.1. The summed E-state index contributed by atoms with van der Waals surface area (Å²) in [5.74, 6) is -0.250. The Labute approximate surface area is 199 Å². The zero-order valence-corrected chi connectivity index (χ0v) is 19.9. The van der Waals surface area contributed by atoms with E-state index in [-0.39, 0.29) is 17.9 Å². The number of carbonyl (C=O) groups is 2. The van der Waals surface area contributed by atoms with Gasteiger partial charge in [0, 0.05) is 24.2 Å². The van der Waals surface area contributed by atoms with E-state index in [1.807, 2.05) is 19.0 Å². The molecule has 0 radical (unpaired) electrons. The minimum atomic E-state index is -0.846.